The second-order valence-corrected chi connectivity index (χ2v) is 6.31. The van der Waals surface area contributed by atoms with Gasteiger partial charge in [0, 0.05) is 4.88 Å². The first-order valence-electron chi connectivity index (χ1n) is 6.99. The SMILES string of the molecule is Cc1nc(NC(CO)C(=O)O)c2c3c(sc2n1)CCCC3. The van der Waals surface area contributed by atoms with Gasteiger partial charge in [0.2, 0.25) is 0 Å². The summed E-state index contributed by atoms with van der Waals surface area (Å²) < 4.78 is 0. The zero-order valence-electron chi connectivity index (χ0n) is 11.7. The minimum atomic E-state index is -1.09. The minimum Gasteiger partial charge on any atom is -0.480 e. The van der Waals surface area contributed by atoms with Gasteiger partial charge in [-0.05, 0) is 38.2 Å². The van der Waals surface area contributed by atoms with E-state index >= 15 is 0 Å². The lowest BCUT2D eigenvalue weighted by molar-refractivity contribution is -0.138. The van der Waals surface area contributed by atoms with Gasteiger partial charge < -0.3 is 15.5 Å². The molecule has 21 heavy (non-hydrogen) atoms. The van der Waals surface area contributed by atoms with Crippen LogP contribution in [0.25, 0.3) is 10.2 Å². The van der Waals surface area contributed by atoms with Gasteiger partial charge in [-0.1, -0.05) is 0 Å². The first-order valence-corrected chi connectivity index (χ1v) is 7.81. The number of carbonyl (C=O) groups is 1. The van der Waals surface area contributed by atoms with Crippen LogP contribution in [-0.2, 0) is 17.6 Å². The van der Waals surface area contributed by atoms with E-state index in [2.05, 4.69) is 15.3 Å². The van der Waals surface area contributed by atoms with Gasteiger partial charge in [-0.25, -0.2) is 14.8 Å². The molecule has 0 saturated heterocycles. The molecule has 0 aliphatic heterocycles. The van der Waals surface area contributed by atoms with Crippen LogP contribution in [-0.4, -0.2) is 38.8 Å². The molecule has 0 amide bonds. The maximum absolute atomic E-state index is 11.1. The number of aliphatic hydroxyl groups is 1. The molecule has 2 aromatic heterocycles. The number of anilines is 1. The average molecular weight is 307 g/mol. The summed E-state index contributed by atoms with van der Waals surface area (Å²) in [6, 6.07) is -1.05. The van der Waals surface area contributed by atoms with Crippen molar-refractivity contribution in [1.82, 2.24) is 9.97 Å². The summed E-state index contributed by atoms with van der Waals surface area (Å²) in [5.41, 5.74) is 1.24. The molecule has 0 aromatic carbocycles. The summed E-state index contributed by atoms with van der Waals surface area (Å²) in [5, 5.41) is 22.1. The Morgan fingerprint density at radius 3 is 2.86 bits per heavy atom. The third kappa shape index (κ3) is 2.58. The average Bonchev–Trinajstić information content (AvgIpc) is 2.81. The van der Waals surface area contributed by atoms with Crippen LogP contribution in [0.3, 0.4) is 0 Å². The van der Waals surface area contributed by atoms with Gasteiger partial charge in [0.1, 0.15) is 22.5 Å². The van der Waals surface area contributed by atoms with Crippen molar-refractivity contribution in [2.24, 2.45) is 0 Å². The number of aliphatic hydroxyl groups excluding tert-OH is 1. The minimum absolute atomic E-state index is 0.480. The monoisotopic (exact) mass is 307 g/mol. The number of carboxylic acid groups (broad SMARTS) is 1. The summed E-state index contributed by atoms with van der Waals surface area (Å²) in [6.45, 7) is 1.31. The van der Waals surface area contributed by atoms with E-state index in [4.69, 9.17) is 5.11 Å². The third-order valence-electron chi connectivity index (χ3n) is 3.72. The van der Waals surface area contributed by atoms with E-state index in [1.54, 1.807) is 18.3 Å². The topological polar surface area (TPSA) is 95.3 Å². The third-order valence-corrected chi connectivity index (χ3v) is 4.90. The number of nitrogens with zero attached hydrogens (tertiary/aromatic N) is 2. The van der Waals surface area contributed by atoms with Crippen molar-refractivity contribution in [2.45, 2.75) is 38.6 Å². The molecule has 1 aliphatic carbocycles. The van der Waals surface area contributed by atoms with E-state index in [9.17, 15) is 9.90 Å². The first-order chi connectivity index (χ1) is 10.1. The van der Waals surface area contributed by atoms with Crippen molar-refractivity contribution in [1.29, 1.82) is 0 Å². The Bertz CT molecular complexity index is 698. The summed E-state index contributed by atoms with van der Waals surface area (Å²) in [4.78, 5) is 22.2. The maximum Gasteiger partial charge on any atom is 0.328 e. The number of thiophene rings is 1. The lowest BCUT2D eigenvalue weighted by Crippen LogP contribution is -2.33. The van der Waals surface area contributed by atoms with Crippen molar-refractivity contribution in [3.05, 3.63) is 16.3 Å². The van der Waals surface area contributed by atoms with Crippen molar-refractivity contribution in [2.75, 3.05) is 11.9 Å². The molecule has 1 unspecified atom stereocenters. The van der Waals surface area contributed by atoms with E-state index in [1.807, 2.05) is 0 Å². The number of hydrogen-bond donors (Lipinski definition) is 3. The molecule has 1 atom stereocenters. The molecule has 3 N–H and O–H groups in total. The molecule has 1 aliphatic rings. The van der Waals surface area contributed by atoms with Gasteiger partial charge in [-0.15, -0.1) is 11.3 Å². The number of aliphatic carboxylic acids is 1. The molecule has 3 rings (SSSR count). The molecule has 0 bridgehead atoms. The predicted molar refractivity (Wildman–Crippen MR) is 80.9 cm³/mol. The zero-order valence-corrected chi connectivity index (χ0v) is 12.5. The smallest absolute Gasteiger partial charge is 0.328 e. The molecular formula is C14H17N3O3S. The molecule has 0 radical (unpaired) electrons. The van der Waals surface area contributed by atoms with E-state index in [-0.39, 0.29) is 0 Å². The Hall–Kier alpha value is -1.73. The number of aryl methyl sites for hydroxylation is 3. The molecule has 6 nitrogen and oxygen atoms in total. The molecule has 0 saturated carbocycles. The highest BCUT2D eigenvalue weighted by Crippen LogP contribution is 2.38. The van der Waals surface area contributed by atoms with Crippen LogP contribution in [0.15, 0.2) is 0 Å². The molecule has 2 aromatic rings. The lowest BCUT2D eigenvalue weighted by atomic mass is 9.97. The highest BCUT2D eigenvalue weighted by Gasteiger charge is 2.23. The summed E-state index contributed by atoms with van der Waals surface area (Å²) in [6.07, 6.45) is 4.35. The van der Waals surface area contributed by atoms with Crippen LogP contribution in [0.1, 0.15) is 29.1 Å². The number of fused-ring (bicyclic) bond motifs is 3. The number of nitrogens with one attached hydrogen (secondary N) is 1. The number of hydrogen-bond acceptors (Lipinski definition) is 6. The number of carboxylic acids is 1. The Labute approximate surface area is 125 Å². The van der Waals surface area contributed by atoms with Crippen LogP contribution in [0.4, 0.5) is 5.82 Å². The highest BCUT2D eigenvalue weighted by molar-refractivity contribution is 7.19. The molecule has 112 valence electrons. The first kappa shape index (κ1) is 14.2. The van der Waals surface area contributed by atoms with Crippen LogP contribution in [0, 0.1) is 6.92 Å². The van der Waals surface area contributed by atoms with Crippen molar-refractivity contribution in [3.8, 4) is 0 Å². The van der Waals surface area contributed by atoms with Gasteiger partial charge in [0.05, 0.1) is 12.0 Å². The Morgan fingerprint density at radius 1 is 1.38 bits per heavy atom. The molecule has 7 heteroatoms. The summed E-state index contributed by atoms with van der Waals surface area (Å²) >= 11 is 1.67. The van der Waals surface area contributed by atoms with Gasteiger partial charge in [0.15, 0.2) is 0 Å². The van der Waals surface area contributed by atoms with Crippen LogP contribution < -0.4 is 5.32 Å². The molecule has 2 heterocycles. The van der Waals surface area contributed by atoms with Crippen LogP contribution >= 0.6 is 11.3 Å². The van der Waals surface area contributed by atoms with Gasteiger partial charge >= 0.3 is 5.97 Å². The fraction of sp³-hybridized carbons (Fsp3) is 0.500. The highest BCUT2D eigenvalue weighted by atomic mass is 32.1. The van der Waals surface area contributed by atoms with E-state index in [0.29, 0.717) is 11.6 Å². The molecule has 0 spiro atoms. The Kier molecular flexibility index (Phi) is 3.77. The maximum atomic E-state index is 11.1. The lowest BCUT2D eigenvalue weighted by Gasteiger charge is -2.15. The second kappa shape index (κ2) is 5.57. The quantitative estimate of drug-likeness (QED) is 0.796. The standard InChI is InChI=1S/C14H17N3O3S/c1-7-15-12(17-9(6-18)14(19)20)11-8-4-2-3-5-10(8)21-13(11)16-7/h9,18H,2-6H2,1H3,(H,19,20)(H,15,16,17). The van der Waals surface area contributed by atoms with Crippen molar-refractivity contribution < 1.29 is 15.0 Å². The number of rotatable bonds is 4. The zero-order chi connectivity index (χ0) is 15.0. The fourth-order valence-electron chi connectivity index (χ4n) is 2.72. The van der Waals surface area contributed by atoms with Crippen molar-refractivity contribution >= 4 is 33.3 Å². The number of aromatic nitrogens is 2. The normalized spacial score (nSPS) is 15.7. The second-order valence-electron chi connectivity index (χ2n) is 5.23. The van der Waals surface area contributed by atoms with Crippen LogP contribution in [0.5, 0.6) is 0 Å². The van der Waals surface area contributed by atoms with Gasteiger partial charge in [-0.3, -0.25) is 0 Å². The fourth-order valence-corrected chi connectivity index (χ4v) is 4.03. The predicted octanol–water partition coefficient (Wildman–Crippen LogP) is 1.74. The van der Waals surface area contributed by atoms with E-state index in [1.165, 1.54) is 16.9 Å². The summed E-state index contributed by atoms with van der Waals surface area (Å²) in [7, 11) is 0. The molecule has 0 fully saturated rings. The summed E-state index contributed by atoms with van der Waals surface area (Å²) in [5.74, 6) is 0.0371. The van der Waals surface area contributed by atoms with Crippen molar-refractivity contribution in [3.63, 3.8) is 0 Å². The largest absolute Gasteiger partial charge is 0.480 e. The van der Waals surface area contributed by atoms with Crippen LogP contribution in [0.2, 0.25) is 0 Å². The Balaban J connectivity index is 2.12. The van der Waals surface area contributed by atoms with Gasteiger partial charge in [-0.2, -0.15) is 0 Å². The van der Waals surface area contributed by atoms with E-state index in [0.717, 1.165) is 29.5 Å². The molecular weight excluding hydrogens is 290 g/mol. The van der Waals surface area contributed by atoms with Gasteiger partial charge in [0.25, 0.3) is 0 Å². The Morgan fingerprint density at radius 2 is 2.14 bits per heavy atom. The van der Waals surface area contributed by atoms with E-state index < -0.39 is 18.6 Å².